The van der Waals surface area contributed by atoms with Gasteiger partial charge in [0.1, 0.15) is 5.75 Å². The molecule has 1 rings (SSSR count). The normalized spacial score (nSPS) is 11.0. The quantitative estimate of drug-likeness (QED) is 0.158. The molecule has 3 nitrogen and oxygen atoms in total. The van der Waals surface area contributed by atoms with E-state index in [9.17, 15) is 4.79 Å². The zero-order valence-corrected chi connectivity index (χ0v) is 21.0. The molecule has 0 fully saturated rings. The number of nitrogens with one attached hydrogen (secondary N) is 1. The summed E-state index contributed by atoms with van der Waals surface area (Å²) in [5.41, 5.74) is 8.28. The molecule has 183 valence electrons. The summed E-state index contributed by atoms with van der Waals surface area (Å²) in [7, 11) is 0. The van der Waals surface area contributed by atoms with Gasteiger partial charge in [0.05, 0.1) is 6.61 Å². The minimum Gasteiger partial charge on any atom is -0.494 e. The summed E-state index contributed by atoms with van der Waals surface area (Å²) in [5, 5.41) is 0. The molecule has 0 aliphatic heterocycles. The smallest absolute Gasteiger partial charge is 0.238 e. The largest absolute Gasteiger partial charge is 0.494 e. The molecule has 0 aliphatic carbocycles. The van der Waals surface area contributed by atoms with E-state index in [2.05, 4.69) is 31.2 Å². The van der Waals surface area contributed by atoms with E-state index >= 15 is 0 Å². The zero-order chi connectivity index (χ0) is 23.1. The molecule has 0 bridgehead atoms. The highest BCUT2D eigenvalue weighted by Crippen LogP contribution is 2.17. The number of hydrogen-bond donors (Lipinski definition) is 0. The Bertz CT molecular complexity index is 541. The highest BCUT2D eigenvalue weighted by atomic mass is 16.5. The molecule has 0 aliphatic rings. The third kappa shape index (κ3) is 18.1. The van der Waals surface area contributed by atoms with Crippen molar-refractivity contribution < 1.29 is 9.53 Å². The van der Waals surface area contributed by atoms with Crippen LogP contribution >= 0.6 is 0 Å². The number of unbranched alkanes of at least 4 members (excludes halogenated alkanes) is 16. The van der Waals surface area contributed by atoms with Crippen molar-refractivity contribution in [3.05, 3.63) is 29.8 Å². The van der Waals surface area contributed by atoms with Gasteiger partial charge in [0.25, 0.3) is 0 Å². The van der Waals surface area contributed by atoms with Crippen LogP contribution in [0, 0.1) is 0 Å². The lowest BCUT2D eigenvalue weighted by atomic mass is 10.0. The molecule has 0 heterocycles. The lowest BCUT2D eigenvalue weighted by Crippen LogP contribution is -2.01. The van der Waals surface area contributed by atoms with Crippen LogP contribution < -0.4 is 10.5 Å². The van der Waals surface area contributed by atoms with Crippen molar-refractivity contribution in [1.82, 2.24) is 5.73 Å². The number of carbonyl (C=O) groups is 1. The molecule has 0 aromatic heterocycles. The van der Waals surface area contributed by atoms with Crippen LogP contribution in [0.4, 0.5) is 0 Å². The van der Waals surface area contributed by atoms with Gasteiger partial charge in [0.2, 0.25) is 5.91 Å². The van der Waals surface area contributed by atoms with Gasteiger partial charge in [-0.3, -0.25) is 10.5 Å². The van der Waals surface area contributed by atoms with Crippen LogP contribution in [0.5, 0.6) is 5.75 Å². The highest BCUT2D eigenvalue weighted by molar-refractivity contribution is 5.72. The van der Waals surface area contributed by atoms with Crippen LogP contribution in [-0.4, -0.2) is 12.5 Å². The van der Waals surface area contributed by atoms with Crippen molar-refractivity contribution >= 4 is 5.91 Å². The van der Waals surface area contributed by atoms with E-state index in [0.717, 1.165) is 25.0 Å². The fourth-order valence-corrected chi connectivity index (χ4v) is 4.21. The van der Waals surface area contributed by atoms with Crippen molar-refractivity contribution in [1.29, 1.82) is 0 Å². The Morgan fingerprint density at radius 3 is 1.59 bits per heavy atom. The van der Waals surface area contributed by atoms with Crippen LogP contribution in [0.2, 0.25) is 0 Å². The molecule has 0 saturated heterocycles. The molecular formula is C29H50NO2. The molecule has 32 heavy (non-hydrogen) atoms. The van der Waals surface area contributed by atoms with Gasteiger partial charge in [0, 0.05) is 6.42 Å². The van der Waals surface area contributed by atoms with E-state index < -0.39 is 5.91 Å². The third-order valence-electron chi connectivity index (χ3n) is 6.31. The third-order valence-corrected chi connectivity index (χ3v) is 6.31. The number of amides is 1. The average molecular weight is 445 g/mol. The molecule has 1 amide bonds. The SMILES string of the molecule is CCCCCCCCCCCCCCCCCCc1ccc(OCCCCC([NH])=O)cc1. The first-order chi connectivity index (χ1) is 15.7. The van der Waals surface area contributed by atoms with Crippen molar-refractivity contribution in [2.24, 2.45) is 0 Å². The van der Waals surface area contributed by atoms with Crippen LogP contribution in [-0.2, 0) is 11.2 Å². The summed E-state index contributed by atoms with van der Waals surface area (Å²) in [6, 6.07) is 8.45. The van der Waals surface area contributed by atoms with E-state index in [4.69, 9.17) is 10.5 Å². The van der Waals surface area contributed by atoms with Gasteiger partial charge in [-0.1, -0.05) is 115 Å². The first-order valence-electron chi connectivity index (χ1n) is 13.7. The molecule has 3 heteroatoms. The molecule has 1 aromatic carbocycles. The molecule has 0 atom stereocenters. The van der Waals surface area contributed by atoms with Crippen LogP contribution in [0.15, 0.2) is 24.3 Å². The lowest BCUT2D eigenvalue weighted by molar-refractivity contribution is -0.118. The maximum atomic E-state index is 10.6. The first-order valence-corrected chi connectivity index (χ1v) is 13.7. The monoisotopic (exact) mass is 444 g/mol. The standard InChI is InChI=1S/C29H50NO2/c1-2-3-4-5-6-7-8-9-10-11-12-13-14-15-16-17-20-27-22-24-28(25-23-27)32-26-19-18-21-29(30)31/h22-25,30H,2-21,26H2,1H3. The van der Waals surface area contributed by atoms with Gasteiger partial charge in [-0.15, -0.1) is 0 Å². The molecule has 1 aromatic rings. The number of ether oxygens (including phenoxy) is 1. The van der Waals surface area contributed by atoms with Crippen LogP contribution in [0.3, 0.4) is 0 Å². The van der Waals surface area contributed by atoms with Gasteiger partial charge in [-0.2, -0.15) is 0 Å². The molecule has 1 radical (unpaired) electrons. The zero-order valence-electron chi connectivity index (χ0n) is 21.0. The Kier molecular flexibility index (Phi) is 19.0. The van der Waals surface area contributed by atoms with Crippen molar-refractivity contribution in [2.45, 2.75) is 135 Å². The minimum absolute atomic E-state index is 0.335. The summed E-state index contributed by atoms with van der Waals surface area (Å²) in [5.74, 6) is 0.418. The Hall–Kier alpha value is -1.51. The molecular weight excluding hydrogens is 394 g/mol. The van der Waals surface area contributed by atoms with Crippen molar-refractivity contribution in [3.8, 4) is 5.75 Å². The van der Waals surface area contributed by atoms with E-state index in [1.54, 1.807) is 0 Å². The van der Waals surface area contributed by atoms with Gasteiger partial charge in [0.15, 0.2) is 0 Å². The summed E-state index contributed by atoms with van der Waals surface area (Å²) in [6.45, 7) is 2.91. The van der Waals surface area contributed by atoms with E-state index in [1.807, 2.05) is 0 Å². The van der Waals surface area contributed by atoms with Crippen LogP contribution in [0.1, 0.15) is 134 Å². The second-order valence-electron chi connectivity index (χ2n) is 9.43. The lowest BCUT2D eigenvalue weighted by Gasteiger charge is -2.07. The molecule has 0 unspecified atom stereocenters. The number of hydrogen-bond acceptors (Lipinski definition) is 2. The topological polar surface area (TPSA) is 50.1 Å². The maximum Gasteiger partial charge on any atom is 0.238 e. The summed E-state index contributed by atoms with van der Waals surface area (Å²) >= 11 is 0. The highest BCUT2D eigenvalue weighted by Gasteiger charge is 1.99. The number of carbonyl (C=O) groups excluding carboxylic acids is 1. The second kappa shape index (κ2) is 21.3. The van der Waals surface area contributed by atoms with E-state index in [0.29, 0.717) is 13.0 Å². The number of benzene rings is 1. The average Bonchev–Trinajstić information content (AvgIpc) is 2.79. The molecule has 1 N–H and O–H groups in total. The van der Waals surface area contributed by atoms with Gasteiger partial charge in [-0.05, 0) is 43.4 Å². The van der Waals surface area contributed by atoms with E-state index in [1.165, 1.54) is 108 Å². The summed E-state index contributed by atoms with van der Waals surface area (Å²) < 4.78 is 5.71. The summed E-state index contributed by atoms with van der Waals surface area (Å²) in [4.78, 5) is 10.6. The van der Waals surface area contributed by atoms with Crippen LogP contribution in [0.25, 0.3) is 0 Å². The van der Waals surface area contributed by atoms with Gasteiger partial charge in [-0.25, -0.2) is 0 Å². The van der Waals surface area contributed by atoms with Gasteiger partial charge < -0.3 is 4.74 Å². The van der Waals surface area contributed by atoms with Crippen molar-refractivity contribution in [2.75, 3.05) is 6.61 Å². The fourth-order valence-electron chi connectivity index (χ4n) is 4.21. The second-order valence-corrected chi connectivity index (χ2v) is 9.43. The minimum atomic E-state index is -0.483. The van der Waals surface area contributed by atoms with E-state index in [-0.39, 0.29) is 0 Å². The van der Waals surface area contributed by atoms with Gasteiger partial charge >= 0.3 is 0 Å². The first kappa shape index (κ1) is 28.5. The van der Waals surface area contributed by atoms with Crippen molar-refractivity contribution in [3.63, 3.8) is 0 Å². The molecule has 0 spiro atoms. The molecule has 0 saturated carbocycles. The Balaban J connectivity index is 1.85. The Morgan fingerprint density at radius 2 is 1.12 bits per heavy atom. The maximum absolute atomic E-state index is 10.6. The summed E-state index contributed by atoms with van der Waals surface area (Å²) in [6.07, 6.45) is 25.6. The predicted molar refractivity (Wildman–Crippen MR) is 137 cm³/mol. The fraction of sp³-hybridized carbons (Fsp3) is 0.759. The Labute approximate surface area is 198 Å². The predicted octanol–water partition coefficient (Wildman–Crippen LogP) is 8.85. The number of rotatable bonds is 23. The number of aryl methyl sites for hydroxylation is 1. The Morgan fingerprint density at radius 1 is 0.656 bits per heavy atom.